The third-order valence-corrected chi connectivity index (χ3v) is 3.94. The number of hydrogen-bond donors (Lipinski definition) is 1. The van der Waals surface area contributed by atoms with E-state index in [2.05, 4.69) is 5.32 Å². The quantitative estimate of drug-likeness (QED) is 0.738. The summed E-state index contributed by atoms with van der Waals surface area (Å²) in [5.41, 5.74) is 0. The van der Waals surface area contributed by atoms with E-state index in [1.807, 2.05) is 6.92 Å². The Morgan fingerprint density at radius 2 is 2.06 bits per heavy atom. The zero-order chi connectivity index (χ0) is 12.7. The number of rotatable bonds is 6. The molecule has 0 spiro atoms. The summed E-state index contributed by atoms with van der Waals surface area (Å²) in [5, 5.41) is 2.83. The van der Waals surface area contributed by atoms with Crippen molar-refractivity contribution in [1.82, 2.24) is 5.32 Å². The van der Waals surface area contributed by atoms with Gasteiger partial charge in [0, 0.05) is 6.04 Å². The molecule has 1 unspecified atom stereocenters. The minimum atomic E-state index is -0.252. The van der Waals surface area contributed by atoms with Gasteiger partial charge in [0.15, 0.2) is 0 Å². The van der Waals surface area contributed by atoms with Crippen LogP contribution in [0.25, 0.3) is 0 Å². The Hall–Kier alpha value is -0.710. The average molecular weight is 259 g/mol. The molecule has 0 aromatic carbocycles. The van der Waals surface area contributed by atoms with E-state index in [1.54, 1.807) is 6.92 Å². The van der Waals surface area contributed by atoms with E-state index in [1.165, 1.54) is 24.6 Å². The maximum absolute atomic E-state index is 11.8. The predicted octanol–water partition coefficient (Wildman–Crippen LogP) is 1.73. The van der Waals surface area contributed by atoms with Gasteiger partial charge in [-0.3, -0.25) is 9.59 Å². The summed E-state index contributed by atoms with van der Waals surface area (Å²) in [7, 11) is 0. The molecule has 0 saturated heterocycles. The first-order valence-electron chi connectivity index (χ1n) is 6.21. The average Bonchev–Trinajstić information content (AvgIpc) is 2.79. The second-order valence-corrected chi connectivity index (χ2v) is 5.58. The smallest absolute Gasteiger partial charge is 0.315 e. The van der Waals surface area contributed by atoms with Crippen molar-refractivity contribution >= 4 is 23.6 Å². The van der Waals surface area contributed by atoms with E-state index >= 15 is 0 Å². The highest BCUT2D eigenvalue weighted by atomic mass is 32.2. The number of amides is 1. The molecule has 0 bridgehead atoms. The van der Waals surface area contributed by atoms with Crippen LogP contribution >= 0.6 is 11.8 Å². The lowest BCUT2D eigenvalue weighted by atomic mass is 10.2. The van der Waals surface area contributed by atoms with E-state index in [4.69, 9.17) is 4.74 Å². The van der Waals surface area contributed by atoms with Crippen LogP contribution < -0.4 is 5.32 Å². The van der Waals surface area contributed by atoms with Gasteiger partial charge >= 0.3 is 5.97 Å². The molecule has 0 heterocycles. The second-order valence-electron chi connectivity index (χ2n) is 4.25. The van der Waals surface area contributed by atoms with Crippen LogP contribution in [0.4, 0.5) is 0 Å². The highest BCUT2D eigenvalue weighted by molar-refractivity contribution is 8.01. The number of thioether (sulfide) groups is 1. The van der Waals surface area contributed by atoms with Crippen LogP contribution in [0.2, 0.25) is 0 Å². The van der Waals surface area contributed by atoms with Crippen LogP contribution in [0.15, 0.2) is 0 Å². The van der Waals surface area contributed by atoms with Crippen LogP contribution in [0.5, 0.6) is 0 Å². The van der Waals surface area contributed by atoms with Gasteiger partial charge in [-0.1, -0.05) is 12.8 Å². The van der Waals surface area contributed by atoms with Crippen molar-refractivity contribution in [3.63, 3.8) is 0 Å². The minimum absolute atomic E-state index is 0.0335. The highest BCUT2D eigenvalue weighted by Crippen LogP contribution is 2.19. The van der Waals surface area contributed by atoms with Crippen molar-refractivity contribution in [2.75, 3.05) is 12.4 Å². The van der Waals surface area contributed by atoms with Crippen molar-refractivity contribution in [3.05, 3.63) is 0 Å². The molecular weight excluding hydrogens is 238 g/mol. The second kappa shape index (κ2) is 7.58. The Morgan fingerprint density at radius 1 is 1.41 bits per heavy atom. The lowest BCUT2D eigenvalue weighted by Gasteiger charge is -2.15. The Morgan fingerprint density at radius 3 is 2.65 bits per heavy atom. The van der Waals surface area contributed by atoms with Gasteiger partial charge in [-0.25, -0.2) is 0 Å². The molecule has 1 rings (SSSR count). The molecule has 1 aliphatic rings. The van der Waals surface area contributed by atoms with E-state index in [-0.39, 0.29) is 22.9 Å². The number of hydrogen-bond acceptors (Lipinski definition) is 4. The van der Waals surface area contributed by atoms with Crippen LogP contribution in [0.3, 0.4) is 0 Å². The number of carbonyl (C=O) groups is 2. The van der Waals surface area contributed by atoms with Gasteiger partial charge in [0.2, 0.25) is 5.91 Å². The van der Waals surface area contributed by atoms with E-state index < -0.39 is 0 Å². The first-order valence-corrected chi connectivity index (χ1v) is 7.26. The first-order chi connectivity index (χ1) is 8.13. The summed E-state index contributed by atoms with van der Waals surface area (Å²) in [6, 6.07) is 0.341. The minimum Gasteiger partial charge on any atom is -0.465 e. The van der Waals surface area contributed by atoms with Crippen LogP contribution in [-0.2, 0) is 14.3 Å². The van der Waals surface area contributed by atoms with Crippen LogP contribution in [-0.4, -0.2) is 35.5 Å². The van der Waals surface area contributed by atoms with Crippen molar-refractivity contribution in [2.45, 2.75) is 50.8 Å². The fourth-order valence-electron chi connectivity index (χ4n) is 1.86. The monoisotopic (exact) mass is 259 g/mol. The van der Waals surface area contributed by atoms with Gasteiger partial charge in [-0.2, -0.15) is 0 Å². The zero-order valence-electron chi connectivity index (χ0n) is 10.5. The third kappa shape index (κ3) is 5.44. The molecule has 1 saturated carbocycles. The Labute approximate surface area is 107 Å². The molecule has 0 aromatic rings. The van der Waals surface area contributed by atoms with Crippen molar-refractivity contribution in [2.24, 2.45) is 0 Å². The van der Waals surface area contributed by atoms with Gasteiger partial charge in [0.05, 0.1) is 17.6 Å². The maximum Gasteiger partial charge on any atom is 0.315 e. The zero-order valence-corrected chi connectivity index (χ0v) is 11.3. The van der Waals surface area contributed by atoms with Gasteiger partial charge in [0.25, 0.3) is 0 Å². The fraction of sp³-hybridized carbons (Fsp3) is 0.833. The molecule has 1 fully saturated rings. The normalized spacial score (nSPS) is 17.8. The Bertz CT molecular complexity index is 264. The van der Waals surface area contributed by atoms with Gasteiger partial charge in [0.1, 0.15) is 0 Å². The molecule has 0 aliphatic heterocycles. The summed E-state index contributed by atoms with van der Waals surface area (Å²) in [4.78, 5) is 22.9. The largest absolute Gasteiger partial charge is 0.465 e. The number of ether oxygens (including phenoxy) is 1. The van der Waals surface area contributed by atoms with Crippen molar-refractivity contribution in [1.29, 1.82) is 0 Å². The van der Waals surface area contributed by atoms with Crippen molar-refractivity contribution in [3.8, 4) is 0 Å². The third-order valence-electron chi connectivity index (χ3n) is 2.83. The summed E-state index contributed by atoms with van der Waals surface area (Å²) >= 11 is 1.33. The number of esters is 1. The predicted molar refractivity (Wildman–Crippen MR) is 69.0 cm³/mol. The molecular formula is C12H21NO3S. The number of nitrogens with one attached hydrogen (secondary N) is 1. The van der Waals surface area contributed by atoms with Gasteiger partial charge in [-0.05, 0) is 26.7 Å². The summed E-state index contributed by atoms with van der Waals surface area (Å²) in [6.45, 7) is 4.00. The first kappa shape index (κ1) is 14.4. The molecule has 4 nitrogen and oxygen atoms in total. The molecule has 17 heavy (non-hydrogen) atoms. The van der Waals surface area contributed by atoms with Gasteiger partial charge < -0.3 is 10.1 Å². The summed E-state index contributed by atoms with van der Waals surface area (Å²) < 4.78 is 4.81. The molecule has 1 amide bonds. The highest BCUT2D eigenvalue weighted by Gasteiger charge is 2.21. The molecule has 1 N–H and O–H groups in total. The number of carbonyl (C=O) groups excluding carboxylic acids is 2. The SMILES string of the molecule is CCOC(=O)CSC(C)C(=O)NC1CCCC1. The molecule has 0 aromatic heterocycles. The summed E-state index contributed by atoms with van der Waals surface area (Å²) in [6.07, 6.45) is 4.58. The Kier molecular flexibility index (Phi) is 6.40. The van der Waals surface area contributed by atoms with E-state index in [0.29, 0.717) is 12.6 Å². The topological polar surface area (TPSA) is 55.4 Å². The van der Waals surface area contributed by atoms with E-state index in [9.17, 15) is 9.59 Å². The van der Waals surface area contributed by atoms with E-state index in [0.717, 1.165) is 12.8 Å². The molecule has 0 radical (unpaired) electrons. The lowest BCUT2D eigenvalue weighted by Crippen LogP contribution is -2.38. The molecule has 5 heteroatoms. The molecule has 1 atom stereocenters. The van der Waals surface area contributed by atoms with Crippen molar-refractivity contribution < 1.29 is 14.3 Å². The maximum atomic E-state index is 11.8. The van der Waals surface area contributed by atoms with Gasteiger partial charge in [-0.15, -0.1) is 11.8 Å². The standard InChI is InChI=1S/C12H21NO3S/c1-3-16-11(14)8-17-9(2)12(15)13-10-6-4-5-7-10/h9-10H,3-8H2,1-2H3,(H,13,15). The summed E-state index contributed by atoms with van der Waals surface area (Å²) in [5.74, 6) is 0.0248. The Balaban J connectivity index is 2.19. The lowest BCUT2D eigenvalue weighted by molar-refractivity contribution is -0.139. The van der Waals surface area contributed by atoms with Crippen LogP contribution in [0, 0.1) is 0 Å². The molecule has 98 valence electrons. The molecule has 1 aliphatic carbocycles. The van der Waals surface area contributed by atoms with Crippen LogP contribution in [0.1, 0.15) is 39.5 Å². The fourth-order valence-corrected chi connectivity index (χ4v) is 2.55.